The van der Waals surface area contributed by atoms with Crippen LogP contribution in [0.1, 0.15) is 36.9 Å². The molecule has 3 heterocycles. The number of benzene rings is 1. The molecule has 7 heteroatoms. The Hall–Kier alpha value is -2.24. The van der Waals surface area contributed by atoms with E-state index >= 15 is 0 Å². The zero-order valence-corrected chi connectivity index (χ0v) is 17.6. The molecule has 1 aromatic heterocycles. The van der Waals surface area contributed by atoms with Gasteiger partial charge in [-0.15, -0.1) is 12.4 Å². The van der Waals surface area contributed by atoms with E-state index in [-0.39, 0.29) is 18.5 Å². The Morgan fingerprint density at radius 1 is 1.07 bits per heavy atom. The molecule has 0 atom stereocenters. The van der Waals surface area contributed by atoms with Gasteiger partial charge in [0.05, 0.1) is 41.8 Å². The quantitative estimate of drug-likeness (QED) is 0.783. The van der Waals surface area contributed by atoms with Crippen molar-refractivity contribution in [3.05, 3.63) is 63.4 Å². The second-order valence-electron chi connectivity index (χ2n) is 7.54. The molecule has 2 aromatic rings. The van der Waals surface area contributed by atoms with Gasteiger partial charge in [0.2, 0.25) is 0 Å². The van der Waals surface area contributed by atoms with Crippen molar-refractivity contribution in [1.29, 1.82) is 0 Å². The largest absolute Gasteiger partial charge is 0.490 e. The predicted octanol–water partition coefficient (Wildman–Crippen LogP) is 3.42. The topological polar surface area (TPSA) is 61.8 Å². The molecule has 29 heavy (non-hydrogen) atoms. The highest BCUT2D eigenvalue weighted by Gasteiger charge is 2.28. The lowest BCUT2D eigenvalue weighted by Crippen LogP contribution is -2.33. The SMILES string of the molecule is Cl.ClC1=CCN=c2c3c([nH]c2=C1C1CCC(Oc2ccccc2)CC1)C=NNC3. The normalized spacial score (nSPS) is 22.8. The number of aromatic nitrogens is 1. The van der Waals surface area contributed by atoms with Crippen LogP contribution in [-0.2, 0) is 6.54 Å². The summed E-state index contributed by atoms with van der Waals surface area (Å²) in [5.41, 5.74) is 6.48. The van der Waals surface area contributed by atoms with Crippen LogP contribution in [0.15, 0.2) is 51.5 Å². The maximum Gasteiger partial charge on any atom is 0.119 e. The summed E-state index contributed by atoms with van der Waals surface area (Å²) in [7, 11) is 0. The Morgan fingerprint density at radius 3 is 2.66 bits per heavy atom. The molecule has 1 saturated carbocycles. The van der Waals surface area contributed by atoms with Crippen LogP contribution in [0.5, 0.6) is 5.75 Å². The van der Waals surface area contributed by atoms with Crippen LogP contribution >= 0.6 is 24.0 Å². The number of hydrazone groups is 1. The van der Waals surface area contributed by atoms with Crippen LogP contribution in [0.3, 0.4) is 0 Å². The number of nitrogens with zero attached hydrogens (tertiary/aromatic N) is 2. The third-order valence-corrected chi connectivity index (χ3v) is 6.18. The fraction of sp³-hybridized carbons (Fsp3) is 0.364. The van der Waals surface area contributed by atoms with Crippen LogP contribution in [0.2, 0.25) is 0 Å². The van der Waals surface area contributed by atoms with Gasteiger partial charge in [-0.2, -0.15) is 5.10 Å². The number of halogens is 2. The molecule has 0 saturated heterocycles. The van der Waals surface area contributed by atoms with E-state index in [1.54, 1.807) is 0 Å². The van der Waals surface area contributed by atoms with Gasteiger partial charge in [0.1, 0.15) is 5.75 Å². The number of para-hydroxylation sites is 1. The van der Waals surface area contributed by atoms with Crippen LogP contribution in [0, 0.1) is 5.92 Å². The molecular weight excluding hydrogens is 407 g/mol. The van der Waals surface area contributed by atoms with Crippen molar-refractivity contribution in [2.45, 2.75) is 38.3 Å². The summed E-state index contributed by atoms with van der Waals surface area (Å²) in [6, 6.07) is 10.1. The number of aromatic amines is 1. The minimum atomic E-state index is 0. The van der Waals surface area contributed by atoms with E-state index in [1.165, 1.54) is 11.1 Å². The highest BCUT2D eigenvalue weighted by Crippen LogP contribution is 2.36. The van der Waals surface area contributed by atoms with Crippen molar-refractivity contribution >= 4 is 35.8 Å². The van der Waals surface area contributed by atoms with Crippen molar-refractivity contribution in [3.63, 3.8) is 0 Å². The van der Waals surface area contributed by atoms with Crippen molar-refractivity contribution in [1.82, 2.24) is 10.4 Å². The second kappa shape index (κ2) is 8.64. The van der Waals surface area contributed by atoms with Crippen molar-refractivity contribution < 1.29 is 4.74 Å². The molecule has 2 N–H and O–H groups in total. The molecule has 0 bridgehead atoms. The van der Waals surface area contributed by atoms with Gasteiger partial charge in [0.15, 0.2) is 0 Å². The molecule has 0 radical (unpaired) electrons. The van der Waals surface area contributed by atoms with E-state index in [4.69, 9.17) is 21.3 Å². The lowest BCUT2D eigenvalue weighted by Gasteiger charge is -2.30. The van der Waals surface area contributed by atoms with E-state index in [2.05, 4.69) is 15.5 Å². The second-order valence-corrected chi connectivity index (χ2v) is 7.95. The Kier molecular flexibility index (Phi) is 5.97. The predicted molar refractivity (Wildman–Crippen MR) is 118 cm³/mol. The lowest BCUT2D eigenvalue weighted by atomic mass is 9.82. The highest BCUT2D eigenvalue weighted by atomic mass is 35.5. The molecule has 0 spiro atoms. The van der Waals surface area contributed by atoms with Crippen molar-refractivity contribution in [2.24, 2.45) is 16.0 Å². The summed E-state index contributed by atoms with van der Waals surface area (Å²) < 4.78 is 6.17. The minimum Gasteiger partial charge on any atom is -0.490 e. The van der Waals surface area contributed by atoms with E-state index in [0.29, 0.717) is 19.0 Å². The molecule has 1 fully saturated rings. The molecule has 5 rings (SSSR count). The summed E-state index contributed by atoms with van der Waals surface area (Å²) in [6.07, 6.45) is 8.33. The first-order chi connectivity index (χ1) is 13.8. The van der Waals surface area contributed by atoms with Crippen LogP contribution in [0.25, 0.3) is 5.57 Å². The molecule has 5 nitrogen and oxygen atoms in total. The Morgan fingerprint density at radius 2 is 1.86 bits per heavy atom. The summed E-state index contributed by atoms with van der Waals surface area (Å²) in [5, 5.41) is 7.12. The first kappa shape index (κ1) is 20.0. The number of hydrogen-bond acceptors (Lipinski definition) is 4. The number of nitrogens with one attached hydrogen (secondary N) is 2. The number of ether oxygens (including phenoxy) is 1. The minimum absolute atomic E-state index is 0. The number of fused-ring (bicyclic) bond motifs is 3. The maximum atomic E-state index is 6.74. The average molecular weight is 431 g/mol. The van der Waals surface area contributed by atoms with Gasteiger partial charge >= 0.3 is 0 Å². The Bertz CT molecular complexity index is 1050. The fourth-order valence-electron chi connectivity index (χ4n) is 4.45. The molecule has 152 valence electrons. The van der Waals surface area contributed by atoms with Crippen LogP contribution in [-0.4, -0.2) is 23.8 Å². The van der Waals surface area contributed by atoms with E-state index < -0.39 is 0 Å². The van der Waals surface area contributed by atoms with Crippen LogP contribution < -0.4 is 20.9 Å². The zero-order chi connectivity index (χ0) is 18.9. The summed E-state index contributed by atoms with van der Waals surface area (Å²) in [5.74, 6) is 1.37. The summed E-state index contributed by atoms with van der Waals surface area (Å²) in [6.45, 7) is 1.31. The van der Waals surface area contributed by atoms with Gasteiger partial charge in [-0.05, 0) is 55.4 Å². The molecule has 1 aromatic carbocycles. The fourth-order valence-corrected chi connectivity index (χ4v) is 4.77. The van der Waals surface area contributed by atoms with E-state index in [0.717, 1.165) is 52.9 Å². The molecular formula is C22H24Cl2N4O. The Balaban J connectivity index is 0.00000205. The van der Waals surface area contributed by atoms with Gasteiger partial charge in [0, 0.05) is 10.6 Å². The number of H-pyrrole nitrogens is 1. The number of allylic oxidation sites excluding steroid dienone is 1. The smallest absolute Gasteiger partial charge is 0.119 e. The third kappa shape index (κ3) is 3.94. The molecule has 0 unspecified atom stereocenters. The van der Waals surface area contributed by atoms with Gasteiger partial charge < -0.3 is 15.1 Å². The lowest BCUT2D eigenvalue weighted by molar-refractivity contribution is 0.143. The van der Waals surface area contributed by atoms with Crippen molar-refractivity contribution in [3.8, 4) is 5.75 Å². The Labute approximate surface area is 181 Å². The zero-order valence-electron chi connectivity index (χ0n) is 16.0. The standard InChI is InChI=1S/C22H23ClN4O.ClH/c23-18-10-11-24-21-17-12-25-26-13-19(17)27-22(21)20(18)14-6-8-16(9-7-14)28-15-4-2-1-3-5-15;/h1-5,10,13-14,16,25,27H,6-9,11-12H2;1H. The van der Waals surface area contributed by atoms with Gasteiger partial charge in [-0.25, -0.2) is 0 Å². The first-order valence-electron chi connectivity index (χ1n) is 9.93. The molecule has 1 aliphatic carbocycles. The van der Waals surface area contributed by atoms with E-state index in [9.17, 15) is 0 Å². The molecule has 3 aliphatic rings. The van der Waals surface area contributed by atoms with Gasteiger partial charge in [-0.1, -0.05) is 29.8 Å². The van der Waals surface area contributed by atoms with Crippen molar-refractivity contribution in [2.75, 3.05) is 6.54 Å². The maximum absolute atomic E-state index is 6.74. The highest BCUT2D eigenvalue weighted by molar-refractivity contribution is 6.35. The molecule has 0 amide bonds. The monoisotopic (exact) mass is 430 g/mol. The number of rotatable bonds is 3. The third-order valence-electron chi connectivity index (χ3n) is 5.82. The average Bonchev–Trinajstić information content (AvgIpc) is 3.00. The van der Waals surface area contributed by atoms with Gasteiger partial charge in [-0.3, -0.25) is 4.99 Å². The number of hydrogen-bond donors (Lipinski definition) is 2. The molecule has 2 aliphatic heterocycles. The van der Waals surface area contributed by atoms with Crippen LogP contribution in [0.4, 0.5) is 0 Å². The van der Waals surface area contributed by atoms with Gasteiger partial charge in [0.25, 0.3) is 0 Å². The summed E-state index contributed by atoms with van der Waals surface area (Å²) >= 11 is 6.74. The summed E-state index contributed by atoms with van der Waals surface area (Å²) in [4.78, 5) is 8.33. The first-order valence-corrected chi connectivity index (χ1v) is 10.3. The van der Waals surface area contributed by atoms with E-state index in [1.807, 2.05) is 42.6 Å².